The van der Waals surface area contributed by atoms with E-state index in [-0.39, 0.29) is 11.9 Å². The van der Waals surface area contributed by atoms with E-state index in [4.69, 9.17) is 9.47 Å². The molecule has 146 valence electrons. The maximum Gasteiger partial charge on any atom is 0.141 e. The van der Waals surface area contributed by atoms with Crippen LogP contribution in [0.2, 0.25) is 0 Å². The van der Waals surface area contributed by atoms with Crippen molar-refractivity contribution in [3.05, 3.63) is 29.8 Å². The number of aryl methyl sites for hydroxylation is 1. The normalized spacial score (nSPS) is 21.1. The van der Waals surface area contributed by atoms with Crippen molar-refractivity contribution in [3.63, 3.8) is 0 Å². The van der Waals surface area contributed by atoms with Crippen molar-refractivity contribution in [1.82, 2.24) is 4.90 Å². The van der Waals surface area contributed by atoms with E-state index in [2.05, 4.69) is 24.9 Å². The number of rotatable bonds is 10. The van der Waals surface area contributed by atoms with Gasteiger partial charge in [0.15, 0.2) is 0 Å². The minimum Gasteiger partial charge on any atom is -0.492 e. The zero-order valence-corrected chi connectivity index (χ0v) is 17.1. The number of carbonyl (C=O) groups excluding carboxylic acids is 1. The van der Waals surface area contributed by atoms with Gasteiger partial charge in [-0.1, -0.05) is 25.1 Å². The second-order valence-electron chi connectivity index (χ2n) is 8.07. The van der Waals surface area contributed by atoms with Crippen LogP contribution in [0.3, 0.4) is 0 Å². The van der Waals surface area contributed by atoms with Gasteiger partial charge in [-0.15, -0.1) is 0 Å². The standard InChI is InChI=1S/C22H35NO3/c1-6-17-10-8-9-11-19(17)26-16-22(3,4)21(24)13-12-18-14-23(5)15-20(18)25-7-2/h8-11,18,20H,6-7,12-16H2,1-5H3/t18-,20-/m1/s1. The Morgan fingerprint density at radius 2 is 1.96 bits per heavy atom. The molecule has 0 spiro atoms. The molecule has 4 nitrogen and oxygen atoms in total. The number of para-hydroxylation sites is 1. The summed E-state index contributed by atoms with van der Waals surface area (Å²) in [6.45, 7) is 11.3. The largest absolute Gasteiger partial charge is 0.492 e. The van der Waals surface area contributed by atoms with E-state index in [9.17, 15) is 4.79 Å². The smallest absolute Gasteiger partial charge is 0.141 e. The number of likely N-dealkylation sites (N-methyl/N-ethyl adjacent to an activating group) is 1. The van der Waals surface area contributed by atoms with Gasteiger partial charge in [-0.2, -0.15) is 0 Å². The van der Waals surface area contributed by atoms with Crippen LogP contribution in [0.5, 0.6) is 5.75 Å². The molecule has 0 radical (unpaired) electrons. The maximum atomic E-state index is 12.8. The van der Waals surface area contributed by atoms with Crippen LogP contribution in [-0.2, 0) is 16.0 Å². The van der Waals surface area contributed by atoms with Gasteiger partial charge in [0.25, 0.3) is 0 Å². The third-order valence-corrected chi connectivity index (χ3v) is 5.38. The highest BCUT2D eigenvalue weighted by atomic mass is 16.5. The van der Waals surface area contributed by atoms with Crippen molar-refractivity contribution in [1.29, 1.82) is 0 Å². The number of nitrogens with zero attached hydrogens (tertiary/aromatic N) is 1. The summed E-state index contributed by atoms with van der Waals surface area (Å²) < 4.78 is 11.9. The lowest BCUT2D eigenvalue weighted by atomic mass is 9.84. The first-order valence-electron chi connectivity index (χ1n) is 9.91. The zero-order chi connectivity index (χ0) is 19.2. The molecule has 0 unspecified atom stereocenters. The van der Waals surface area contributed by atoms with E-state index in [0.717, 1.165) is 38.3 Å². The van der Waals surface area contributed by atoms with Crippen molar-refractivity contribution in [2.24, 2.45) is 11.3 Å². The predicted molar refractivity (Wildman–Crippen MR) is 106 cm³/mol. The molecule has 2 atom stereocenters. The van der Waals surface area contributed by atoms with Crippen molar-refractivity contribution >= 4 is 5.78 Å². The SMILES string of the molecule is CCO[C@@H]1CN(C)C[C@H]1CCC(=O)C(C)(C)COc1ccccc1CC. The summed E-state index contributed by atoms with van der Waals surface area (Å²) in [5.74, 6) is 1.61. The number of benzene rings is 1. The molecule has 0 N–H and O–H groups in total. The van der Waals surface area contributed by atoms with Crippen LogP contribution in [0.25, 0.3) is 0 Å². The molecule has 1 aliphatic rings. The number of ketones is 1. The molecule has 1 heterocycles. The summed E-state index contributed by atoms with van der Waals surface area (Å²) in [6, 6.07) is 8.07. The third-order valence-electron chi connectivity index (χ3n) is 5.38. The minimum atomic E-state index is -0.480. The first-order chi connectivity index (χ1) is 12.4. The summed E-state index contributed by atoms with van der Waals surface area (Å²) in [7, 11) is 2.12. The van der Waals surface area contributed by atoms with Gasteiger partial charge in [-0.25, -0.2) is 0 Å². The van der Waals surface area contributed by atoms with Crippen molar-refractivity contribution in [2.45, 2.75) is 53.1 Å². The molecule has 0 amide bonds. The van der Waals surface area contributed by atoms with Crippen LogP contribution in [-0.4, -0.2) is 50.1 Å². The average molecular weight is 362 g/mol. The molecule has 26 heavy (non-hydrogen) atoms. The molecule has 2 rings (SSSR count). The Bertz CT molecular complexity index is 585. The van der Waals surface area contributed by atoms with Crippen LogP contribution in [0.1, 0.15) is 46.1 Å². The van der Waals surface area contributed by atoms with E-state index in [1.54, 1.807) is 0 Å². The fourth-order valence-corrected chi connectivity index (χ4v) is 3.66. The van der Waals surface area contributed by atoms with Crippen LogP contribution in [0.4, 0.5) is 0 Å². The van der Waals surface area contributed by atoms with Gasteiger partial charge >= 0.3 is 0 Å². The van der Waals surface area contributed by atoms with E-state index in [1.807, 2.05) is 39.0 Å². The van der Waals surface area contributed by atoms with Gasteiger partial charge in [0, 0.05) is 26.1 Å². The van der Waals surface area contributed by atoms with Gasteiger partial charge in [-0.3, -0.25) is 4.79 Å². The molecule has 0 bridgehead atoms. The fraction of sp³-hybridized carbons (Fsp3) is 0.682. The minimum absolute atomic E-state index is 0.258. The summed E-state index contributed by atoms with van der Waals surface area (Å²) in [6.07, 6.45) is 2.67. The Morgan fingerprint density at radius 1 is 1.23 bits per heavy atom. The number of hydrogen-bond donors (Lipinski definition) is 0. The van der Waals surface area contributed by atoms with Crippen LogP contribution >= 0.6 is 0 Å². The summed E-state index contributed by atoms with van der Waals surface area (Å²) >= 11 is 0. The summed E-state index contributed by atoms with van der Waals surface area (Å²) in [5, 5.41) is 0. The monoisotopic (exact) mass is 361 g/mol. The van der Waals surface area contributed by atoms with Crippen molar-refractivity contribution in [3.8, 4) is 5.75 Å². The summed E-state index contributed by atoms with van der Waals surface area (Å²) in [4.78, 5) is 15.1. The molecule has 0 aromatic heterocycles. The first kappa shape index (κ1) is 20.9. The van der Waals surface area contributed by atoms with E-state index >= 15 is 0 Å². The van der Waals surface area contributed by atoms with Gasteiger partial charge in [0.2, 0.25) is 0 Å². The lowest BCUT2D eigenvalue weighted by Gasteiger charge is -2.25. The molecule has 1 aromatic rings. The second-order valence-corrected chi connectivity index (χ2v) is 8.07. The van der Waals surface area contributed by atoms with Gasteiger partial charge in [0.05, 0.1) is 11.5 Å². The molecular weight excluding hydrogens is 326 g/mol. The van der Waals surface area contributed by atoms with E-state index < -0.39 is 5.41 Å². The predicted octanol–water partition coefficient (Wildman–Crippen LogP) is 3.97. The highest BCUT2D eigenvalue weighted by molar-refractivity contribution is 5.84. The molecule has 0 aliphatic carbocycles. The zero-order valence-electron chi connectivity index (χ0n) is 17.1. The molecule has 1 fully saturated rings. The Labute approximate surface area is 158 Å². The third kappa shape index (κ3) is 5.55. The lowest BCUT2D eigenvalue weighted by Crippen LogP contribution is -2.32. The molecule has 4 heteroatoms. The fourth-order valence-electron chi connectivity index (χ4n) is 3.66. The molecule has 0 saturated carbocycles. The Hall–Kier alpha value is -1.39. The molecular formula is C22H35NO3. The number of carbonyl (C=O) groups is 1. The number of hydrogen-bond acceptors (Lipinski definition) is 4. The van der Waals surface area contributed by atoms with Crippen LogP contribution < -0.4 is 4.74 Å². The highest BCUT2D eigenvalue weighted by Crippen LogP contribution is 2.28. The van der Waals surface area contributed by atoms with Gasteiger partial charge < -0.3 is 14.4 Å². The van der Waals surface area contributed by atoms with Crippen LogP contribution in [0, 0.1) is 11.3 Å². The van der Waals surface area contributed by atoms with Gasteiger partial charge in [-0.05, 0) is 58.2 Å². The van der Waals surface area contributed by atoms with Gasteiger partial charge in [0.1, 0.15) is 18.1 Å². The Balaban J connectivity index is 1.87. The van der Waals surface area contributed by atoms with Crippen molar-refractivity contribution in [2.75, 3.05) is 33.4 Å². The summed E-state index contributed by atoms with van der Waals surface area (Å²) in [5.41, 5.74) is 0.705. The molecule has 1 aliphatic heterocycles. The maximum absolute atomic E-state index is 12.8. The number of ether oxygens (including phenoxy) is 2. The van der Waals surface area contributed by atoms with Crippen molar-refractivity contribution < 1.29 is 14.3 Å². The molecule has 1 aromatic carbocycles. The molecule has 1 saturated heterocycles. The topological polar surface area (TPSA) is 38.8 Å². The Morgan fingerprint density at radius 3 is 2.65 bits per heavy atom. The van der Waals surface area contributed by atoms with E-state index in [1.165, 1.54) is 5.56 Å². The van der Waals surface area contributed by atoms with Crippen LogP contribution in [0.15, 0.2) is 24.3 Å². The lowest BCUT2D eigenvalue weighted by molar-refractivity contribution is -0.129. The average Bonchev–Trinajstić information content (AvgIpc) is 2.97. The first-order valence-corrected chi connectivity index (χ1v) is 9.91. The second kappa shape index (κ2) is 9.52. The quantitative estimate of drug-likeness (QED) is 0.632. The Kier molecular flexibility index (Phi) is 7.66. The van der Waals surface area contributed by atoms with E-state index in [0.29, 0.717) is 18.9 Å². The highest BCUT2D eigenvalue weighted by Gasteiger charge is 2.34. The number of likely N-dealkylation sites (tertiary alicyclic amines) is 1. The number of Topliss-reactive ketones (excluding diaryl/α,β-unsaturated/α-hetero) is 1.